The summed E-state index contributed by atoms with van der Waals surface area (Å²) in [5.74, 6) is 0.0542. The number of ether oxygens (including phenoxy) is 3. The van der Waals surface area contributed by atoms with Gasteiger partial charge in [-0.2, -0.15) is 0 Å². The number of para-hydroxylation sites is 2. The second-order valence-electron chi connectivity index (χ2n) is 8.31. The maximum atomic E-state index is 12.7. The Morgan fingerprint density at radius 3 is 2.36 bits per heavy atom. The van der Waals surface area contributed by atoms with Crippen molar-refractivity contribution in [1.82, 2.24) is 5.32 Å². The van der Waals surface area contributed by atoms with Gasteiger partial charge in [-0.15, -0.1) is 0 Å². The topological polar surface area (TPSA) is 94.2 Å². The Balaban J connectivity index is 1.35. The van der Waals surface area contributed by atoms with Crippen LogP contribution in [-0.2, 0) is 19.1 Å². The lowest BCUT2D eigenvalue weighted by molar-refractivity contribution is -0.148. The standard InChI is InChI=1S/C28H28N2O6/c1-19-28(33)30(23-10-6-7-11-24(23)36-19)17-16-26(32)35-18-25(31)29-27(20-8-4-3-5-9-20)21-12-14-22(34-2)15-13-21/h3-15,19,27H,16-18H2,1-2H3,(H,29,31). The summed E-state index contributed by atoms with van der Waals surface area (Å²) in [6.07, 6.45) is -0.699. The van der Waals surface area contributed by atoms with E-state index in [-0.39, 0.29) is 18.9 Å². The van der Waals surface area contributed by atoms with Crippen molar-refractivity contribution in [3.05, 3.63) is 90.0 Å². The van der Waals surface area contributed by atoms with E-state index in [1.165, 1.54) is 4.90 Å². The molecule has 3 aromatic carbocycles. The number of nitrogens with zero attached hydrogens (tertiary/aromatic N) is 1. The monoisotopic (exact) mass is 488 g/mol. The van der Waals surface area contributed by atoms with Crippen molar-refractivity contribution in [2.75, 3.05) is 25.2 Å². The third kappa shape index (κ3) is 5.83. The first-order chi connectivity index (χ1) is 17.5. The summed E-state index contributed by atoms with van der Waals surface area (Å²) in [5, 5.41) is 2.94. The van der Waals surface area contributed by atoms with E-state index in [9.17, 15) is 14.4 Å². The summed E-state index contributed by atoms with van der Waals surface area (Å²) < 4.78 is 16.1. The number of fused-ring (bicyclic) bond motifs is 1. The SMILES string of the molecule is COc1ccc(C(NC(=O)COC(=O)CCN2C(=O)C(C)Oc3ccccc32)c2ccccc2)cc1. The lowest BCUT2D eigenvalue weighted by atomic mass is 9.98. The summed E-state index contributed by atoms with van der Waals surface area (Å²) in [6, 6.07) is 23.7. The minimum absolute atomic E-state index is 0.0549. The molecule has 2 unspecified atom stereocenters. The van der Waals surface area contributed by atoms with E-state index in [0.717, 1.165) is 11.1 Å². The molecule has 8 nitrogen and oxygen atoms in total. The normalized spacial score (nSPS) is 15.3. The van der Waals surface area contributed by atoms with E-state index in [1.807, 2.05) is 60.7 Å². The summed E-state index contributed by atoms with van der Waals surface area (Å²) in [6.45, 7) is 1.37. The summed E-state index contributed by atoms with van der Waals surface area (Å²) in [7, 11) is 1.59. The Bertz CT molecular complexity index is 1210. The molecule has 2 atom stereocenters. The zero-order valence-corrected chi connectivity index (χ0v) is 20.2. The molecule has 1 heterocycles. The van der Waals surface area contributed by atoms with Gasteiger partial charge in [-0.3, -0.25) is 14.4 Å². The van der Waals surface area contributed by atoms with Gasteiger partial charge in [0.05, 0.1) is 25.3 Å². The average Bonchev–Trinajstić information content (AvgIpc) is 2.91. The van der Waals surface area contributed by atoms with E-state index >= 15 is 0 Å². The van der Waals surface area contributed by atoms with E-state index < -0.39 is 30.6 Å². The lowest BCUT2D eigenvalue weighted by Crippen LogP contribution is -2.45. The number of methoxy groups -OCH3 is 1. The Morgan fingerprint density at radius 2 is 1.64 bits per heavy atom. The van der Waals surface area contributed by atoms with Gasteiger partial charge in [0.1, 0.15) is 11.5 Å². The van der Waals surface area contributed by atoms with Crippen LogP contribution in [0, 0.1) is 0 Å². The molecule has 3 aromatic rings. The second-order valence-corrected chi connectivity index (χ2v) is 8.31. The summed E-state index contributed by atoms with van der Waals surface area (Å²) in [4.78, 5) is 39.2. The molecule has 0 spiro atoms. The van der Waals surface area contributed by atoms with Crippen molar-refractivity contribution in [3.63, 3.8) is 0 Å². The van der Waals surface area contributed by atoms with Crippen molar-refractivity contribution >= 4 is 23.5 Å². The predicted molar refractivity (Wildman–Crippen MR) is 134 cm³/mol. The molecule has 36 heavy (non-hydrogen) atoms. The van der Waals surface area contributed by atoms with Gasteiger partial charge in [0.15, 0.2) is 12.7 Å². The minimum Gasteiger partial charge on any atom is -0.497 e. The number of carbonyl (C=O) groups excluding carboxylic acids is 3. The van der Waals surface area contributed by atoms with Gasteiger partial charge in [0.2, 0.25) is 0 Å². The molecular formula is C28H28N2O6. The molecule has 0 aliphatic carbocycles. The van der Waals surface area contributed by atoms with Crippen LogP contribution < -0.4 is 19.7 Å². The fourth-order valence-corrected chi connectivity index (χ4v) is 4.01. The van der Waals surface area contributed by atoms with Gasteiger partial charge in [0.25, 0.3) is 11.8 Å². The third-order valence-electron chi connectivity index (χ3n) is 5.86. The second kappa shape index (κ2) is 11.4. The van der Waals surface area contributed by atoms with Gasteiger partial charge in [-0.1, -0.05) is 54.6 Å². The molecule has 0 radical (unpaired) electrons. The highest BCUT2D eigenvalue weighted by atomic mass is 16.5. The molecule has 2 amide bonds. The van der Waals surface area contributed by atoms with Crippen LogP contribution in [0.2, 0.25) is 0 Å². The number of rotatable bonds is 9. The van der Waals surface area contributed by atoms with E-state index in [2.05, 4.69) is 5.32 Å². The van der Waals surface area contributed by atoms with Crippen LogP contribution in [-0.4, -0.2) is 44.1 Å². The van der Waals surface area contributed by atoms with Crippen LogP contribution in [0.5, 0.6) is 11.5 Å². The minimum atomic E-state index is -0.644. The van der Waals surface area contributed by atoms with Gasteiger partial charge in [0, 0.05) is 6.54 Å². The van der Waals surface area contributed by atoms with E-state index in [0.29, 0.717) is 17.2 Å². The molecule has 1 aliphatic heterocycles. The summed E-state index contributed by atoms with van der Waals surface area (Å²) >= 11 is 0. The Labute approximate surface area is 209 Å². The van der Waals surface area contributed by atoms with Crippen LogP contribution in [0.4, 0.5) is 5.69 Å². The third-order valence-corrected chi connectivity index (χ3v) is 5.86. The zero-order chi connectivity index (χ0) is 25.5. The molecule has 1 N–H and O–H groups in total. The van der Waals surface area contributed by atoms with E-state index in [1.54, 1.807) is 32.2 Å². The number of hydrogen-bond acceptors (Lipinski definition) is 6. The van der Waals surface area contributed by atoms with Crippen molar-refractivity contribution in [1.29, 1.82) is 0 Å². The van der Waals surface area contributed by atoms with Gasteiger partial charge < -0.3 is 24.4 Å². The Morgan fingerprint density at radius 1 is 0.972 bits per heavy atom. The zero-order valence-electron chi connectivity index (χ0n) is 20.2. The van der Waals surface area contributed by atoms with Crippen LogP contribution in [0.3, 0.4) is 0 Å². The highest BCUT2D eigenvalue weighted by molar-refractivity contribution is 6.00. The van der Waals surface area contributed by atoms with Crippen LogP contribution >= 0.6 is 0 Å². The number of nitrogens with one attached hydrogen (secondary N) is 1. The quantitative estimate of drug-likeness (QED) is 0.462. The fourth-order valence-electron chi connectivity index (χ4n) is 4.01. The molecule has 4 rings (SSSR count). The number of hydrogen-bond donors (Lipinski definition) is 1. The number of esters is 1. The van der Waals surface area contributed by atoms with E-state index in [4.69, 9.17) is 14.2 Å². The van der Waals surface area contributed by atoms with Crippen molar-refractivity contribution < 1.29 is 28.6 Å². The first-order valence-electron chi connectivity index (χ1n) is 11.7. The van der Waals surface area contributed by atoms with Gasteiger partial charge in [-0.05, 0) is 42.3 Å². The van der Waals surface area contributed by atoms with Crippen molar-refractivity contribution in [3.8, 4) is 11.5 Å². The van der Waals surface area contributed by atoms with Crippen molar-refractivity contribution in [2.45, 2.75) is 25.5 Å². The molecule has 0 bridgehead atoms. The Kier molecular flexibility index (Phi) is 7.85. The molecule has 0 saturated heterocycles. The molecule has 0 aromatic heterocycles. The van der Waals surface area contributed by atoms with Gasteiger partial charge >= 0.3 is 5.97 Å². The maximum absolute atomic E-state index is 12.7. The molecular weight excluding hydrogens is 460 g/mol. The van der Waals surface area contributed by atoms with Gasteiger partial charge in [-0.25, -0.2) is 0 Å². The van der Waals surface area contributed by atoms with Crippen molar-refractivity contribution in [2.24, 2.45) is 0 Å². The first kappa shape index (κ1) is 24.8. The molecule has 0 fully saturated rings. The lowest BCUT2D eigenvalue weighted by Gasteiger charge is -2.32. The number of benzene rings is 3. The first-order valence-corrected chi connectivity index (χ1v) is 11.7. The average molecular weight is 489 g/mol. The molecule has 0 saturated carbocycles. The fraction of sp³-hybridized carbons (Fsp3) is 0.250. The number of amides is 2. The largest absolute Gasteiger partial charge is 0.497 e. The Hall–Kier alpha value is -4.33. The molecule has 8 heteroatoms. The van der Waals surface area contributed by atoms with Crippen LogP contribution in [0.15, 0.2) is 78.9 Å². The molecule has 1 aliphatic rings. The van der Waals surface area contributed by atoms with Crippen LogP contribution in [0.25, 0.3) is 0 Å². The highest BCUT2D eigenvalue weighted by Crippen LogP contribution is 2.33. The summed E-state index contributed by atoms with van der Waals surface area (Å²) in [5.41, 5.74) is 2.36. The number of anilines is 1. The predicted octanol–water partition coefficient (Wildman–Crippen LogP) is 3.65. The smallest absolute Gasteiger partial charge is 0.308 e. The maximum Gasteiger partial charge on any atom is 0.308 e. The van der Waals surface area contributed by atoms with Crippen LogP contribution in [0.1, 0.15) is 30.5 Å². The molecule has 186 valence electrons. The number of carbonyl (C=O) groups is 3. The highest BCUT2D eigenvalue weighted by Gasteiger charge is 2.31.